The van der Waals surface area contributed by atoms with Crippen LogP contribution in [0.2, 0.25) is 5.02 Å². The Bertz CT molecular complexity index is 829. The molecule has 0 saturated carbocycles. The molecule has 0 radical (unpaired) electrons. The average Bonchev–Trinajstić information content (AvgIpc) is 3.20. The van der Waals surface area contributed by atoms with Crippen molar-refractivity contribution in [1.82, 2.24) is 5.32 Å². The standard InChI is InChI=1S/C21H20ClNO2S/c1-23-12-10-20(15-2-6-18(22)7-3-15)25-19-8-4-16(5-9-19)21(24)17-11-13-26-14-17/h2-9,11,13-14,20,23H,10,12H2,1H3. The highest BCUT2D eigenvalue weighted by atomic mass is 35.5. The van der Waals surface area contributed by atoms with Crippen LogP contribution >= 0.6 is 22.9 Å². The van der Waals surface area contributed by atoms with Crippen molar-refractivity contribution in [3.05, 3.63) is 87.1 Å². The lowest BCUT2D eigenvalue weighted by Gasteiger charge is -2.20. The molecule has 0 amide bonds. The zero-order valence-electron chi connectivity index (χ0n) is 14.4. The van der Waals surface area contributed by atoms with Gasteiger partial charge in [-0.05, 0) is 67.0 Å². The van der Waals surface area contributed by atoms with Gasteiger partial charge in [-0.3, -0.25) is 4.79 Å². The lowest BCUT2D eigenvalue weighted by Crippen LogP contribution is -2.16. The van der Waals surface area contributed by atoms with Crippen LogP contribution in [-0.2, 0) is 0 Å². The average molecular weight is 386 g/mol. The summed E-state index contributed by atoms with van der Waals surface area (Å²) in [5, 5.41) is 7.63. The minimum Gasteiger partial charge on any atom is -0.486 e. The van der Waals surface area contributed by atoms with Gasteiger partial charge < -0.3 is 10.1 Å². The summed E-state index contributed by atoms with van der Waals surface area (Å²) in [5.41, 5.74) is 2.45. The molecule has 0 bridgehead atoms. The predicted octanol–water partition coefficient (Wildman–Crippen LogP) is 5.36. The Kier molecular flexibility index (Phi) is 6.45. The van der Waals surface area contributed by atoms with Gasteiger partial charge in [0.1, 0.15) is 11.9 Å². The number of carbonyl (C=O) groups excluding carboxylic acids is 1. The van der Waals surface area contributed by atoms with Crippen LogP contribution < -0.4 is 10.1 Å². The van der Waals surface area contributed by atoms with Gasteiger partial charge in [0, 0.05) is 28.0 Å². The quantitative estimate of drug-likeness (QED) is 0.530. The Labute approximate surface area is 162 Å². The molecule has 1 aromatic heterocycles. The third-order valence-corrected chi connectivity index (χ3v) is 5.01. The lowest BCUT2D eigenvalue weighted by atomic mass is 10.1. The van der Waals surface area contributed by atoms with Gasteiger partial charge in [0.25, 0.3) is 0 Å². The second-order valence-electron chi connectivity index (χ2n) is 5.92. The molecule has 3 rings (SSSR count). The highest BCUT2D eigenvalue weighted by molar-refractivity contribution is 7.08. The SMILES string of the molecule is CNCCC(Oc1ccc(C(=O)c2ccsc2)cc1)c1ccc(Cl)cc1. The molecular weight excluding hydrogens is 366 g/mol. The molecule has 1 unspecified atom stereocenters. The Morgan fingerprint density at radius 3 is 2.42 bits per heavy atom. The fourth-order valence-electron chi connectivity index (χ4n) is 2.66. The molecule has 5 heteroatoms. The maximum absolute atomic E-state index is 12.4. The van der Waals surface area contributed by atoms with Gasteiger partial charge >= 0.3 is 0 Å². The molecule has 1 atom stereocenters. The van der Waals surface area contributed by atoms with E-state index in [9.17, 15) is 4.79 Å². The van der Waals surface area contributed by atoms with Crippen molar-refractivity contribution in [3.63, 3.8) is 0 Å². The smallest absolute Gasteiger partial charge is 0.193 e. The molecule has 0 saturated heterocycles. The number of benzene rings is 2. The van der Waals surface area contributed by atoms with Crippen LogP contribution in [0.25, 0.3) is 0 Å². The number of nitrogens with one attached hydrogen (secondary N) is 1. The van der Waals surface area contributed by atoms with E-state index in [0.717, 1.165) is 29.8 Å². The minimum absolute atomic E-state index is 0.0298. The zero-order valence-corrected chi connectivity index (χ0v) is 16.0. The number of thiophene rings is 1. The van der Waals surface area contributed by atoms with E-state index in [2.05, 4.69) is 5.32 Å². The summed E-state index contributed by atoms with van der Waals surface area (Å²) in [4.78, 5) is 12.4. The second kappa shape index (κ2) is 8.99. The third-order valence-electron chi connectivity index (χ3n) is 4.08. The number of hydrogen-bond acceptors (Lipinski definition) is 4. The second-order valence-corrected chi connectivity index (χ2v) is 7.13. The van der Waals surface area contributed by atoms with E-state index in [1.807, 2.05) is 72.4 Å². The Morgan fingerprint density at radius 2 is 1.81 bits per heavy atom. The Morgan fingerprint density at radius 1 is 1.08 bits per heavy atom. The molecule has 134 valence electrons. The normalized spacial score (nSPS) is 11.9. The van der Waals surface area contributed by atoms with Crippen molar-refractivity contribution in [2.45, 2.75) is 12.5 Å². The van der Waals surface area contributed by atoms with Crippen LogP contribution in [0.5, 0.6) is 5.75 Å². The minimum atomic E-state index is -0.0851. The molecule has 0 spiro atoms. The molecule has 1 N–H and O–H groups in total. The van der Waals surface area contributed by atoms with E-state index in [4.69, 9.17) is 16.3 Å². The molecule has 0 aliphatic carbocycles. The lowest BCUT2D eigenvalue weighted by molar-refractivity contribution is 0.103. The summed E-state index contributed by atoms with van der Waals surface area (Å²) in [5.74, 6) is 0.769. The van der Waals surface area contributed by atoms with E-state index in [1.165, 1.54) is 11.3 Å². The van der Waals surface area contributed by atoms with Crippen molar-refractivity contribution in [2.24, 2.45) is 0 Å². The summed E-state index contributed by atoms with van der Waals surface area (Å²) in [7, 11) is 1.92. The molecular formula is C21H20ClNO2S. The van der Waals surface area contributed by atoms with Crippen molar-refractivity contribution in [2.75, 3.05) is 13.6 Å². The van der Waals surface area contributed by atoms with Crippen LogP contribution in [0.1, 0.15) is 34.0 Å². The first-order chi connectivity index (χ1) is 12.7. The zero-order chi connectivity index (χ0) is 18.4. The largest absolute Gasteiger partial charge is 0.486 e. The number of hydrogen-bond donors (Lipinski definition) is 1. The summed E-state index contributed by atoms with van der Waals surface area (Å²) >= 11 is 7.51. The van der Waals surface area contributed by atoms with Crippen molar-refractivity contribution < 1.29 is 9.53 Å². The van der Waals surface area contributed by atoms with Crippen LogP contribution in [0.4, 0.5) is 0 Å². The van der Waals surface area contributed by atoms with E-state index < -0.39 is 0 Å². The molecule has 2 aromatic carbocycles. The van der Waals surface area contributed by atoms with Crippen molar-refractivity contribution in [1.29, 1.82) is 0 Å². The van der Waals surface area contributed by atoms with E-state index in [1.54, 1.807) is 0 Å². The van der Waals surface area contributed by atoms with Gasteiger partial charge in [-0.2, -0.15) is 11.3 Å². The molecule has 3 aromatic rings. The fourth-order valence-corrected chi connectivity index (χ4v) is 3.42. The summed E-state index contributed by atoms with van der Waals surface area (Å²) in [6.07, 6.45) is 0.742. The topological polar surface area (TPSA) is 38.3 Å². The number of ether oxygens (including phenoxy) is 1. The number of rotatable bonds is 8. The summed E-state index contributed by atoms with van der Waals surface area (Å²) in [6.45, 7) is 0.835. The highest BCUT2D eigenvalue weighted by Crippen LogP contribution is 2.26. The predicted molar refractivity (Wildman–Crippen MR) is 108 cm³/mol. The number of ketones is 1. The monoisotopic (exact) mass is 385 g/mol. The first-order valence-corrected chi connectivity index (χ1v) is 9.73. The van der Waals surface area contributed by atoms with E-state index >= 15 is 0 Å². The van der Waals surface area contributed by atoms with Crippen LogP contribution in [-0.4, -0.2) is 19.4 Å². The van der Waals surface area contributed by atoms with Gasteiger partial charge in [0.2, 0.25) is 0 Å². The molecule has 26 heavy (non-hydrogen) atoms. The van der Waals surface area contributed by atoms with Crippen LogP contribution in [0.3, 0.4) is 0 Å². The number of carbonyl (C=O) groups is 1. The maximum atomic E-state index is 12.4. The van der Waals surface area contributed by atoms with Gasteiger partial charge in [-0.1, -0.05) is 23.7 Å². The van der Waals surface area contributed by atoms with Gasteiger partial charge in [-0.15, -0.1) is 0 Å². The van der Waals surface area contributed by atoms with E-state index in [0.29, 0.717) is 10.6 Å². The molecule has 0 aliphatic rings. The Balaban J connectivity index is 1.74. The van der Waals surface area contributed by atoms with Crippen molar-refractivity contribution in [3.8, 4) is 5.75 Å². The molecule has 0 fully saturated rings. The highest BCUT2D eigenvalue weighted by Gasteiger charge is 2.14. The summed E-state index contributed by atoms with van der Waals surface area (Å²) < 4.78 is 6.18. The number of halogens is 1. The van der Waals surface area contributed by atoms with Gasteiger partial charge in [0.15, 0.2) is 5.78 Å². The molecule has 0 aliphatic heterocycles. The van der Waals surface area contributed by atoms with Gasteiger partial charge in [-0.25, -0.2) is 0 Å². The van der Waals surface area contributed by atoms with Crippen LogP contribution in [0, 0.1) is 0 Å². The van der Waals surface area contributed by atoms with E-state index in [-0.39, 0.29) is 11.9 Å². The summed E-state index contributed by atoms with van der Waals surface area (Å²) in [6, 6.07) is 16.9. The Hall–Kier alpha value is -2.14. The maximum Gasteiger partial charge on any atom is 0.193 e. The molecule has 1 heterocycles. The fraction of sp³-hybridized carbons (Fsp3) is 0.190. The van der Waals surface area contributed by atoms with Crippen molar-refractivity contribution >= 4 is 28.7 Å². The molecule has 3 nitrogen and oxygen atoms in total. The third kappa shape index (κ3) is 4.73. The van der Waals surface area contributed by atoms with Crippen LogP contribution in [0.15, 0.2) is 65.4 Å². The first-order valence-electron chi connectivity index (χ1n) is 8.41. The van der Waals surface area contributed by atoms with Gasteiger partial charge in [0.05, 0.1) is 0 Å². The first kappa shape index (κ1) is 18.6.